The number of H-pyrrole nitrogens is 1. The summed E-state index contributed by atoms with van der Waals surface area (Å²) in [4.78, 5) is 5.88. The van der Waals surface area contributed by atoms with Crippen molar-refractivity contribution in [1.82, 2.24) is 9.88 Å². The Bertz CT molecular complexity index is 890. The van der Waals surface area contributed by atoms with Crippen LogP contribution in [0.1, 0.15) is 42.6 Å². The van der Waals surface area contributed by atoms with E-state index in [-0.39, 0.29) is 6.61 Å². The first-order valence-electron chi connectivity index (χ1n) is 9.24. The van der Waals surface area contributed by atoms with Gasteiger partial charge in [0.15, 0.2) is 0 Å². The van der Waals surface area contributed by atoms with Gasteiger partial charge >= 0.3 is 0 Å². The van der Waals surface area contributed by atoms with Crippen molar-refractivity contribution in [3.8, 4) is 11.1 Å². The highest BCUT2D eigenvalue weighted by molar-refractivity contribution is 5.89. The fraction of sp³-hybridized carbons (Fsp3) is 0.364. The van der Waals surface area contributed by atoms with E-state index in [0.717, 1.165) is 16.8 Å². The van der Waals surface area contributed by atoms with Crippen molar-refractivity contribution in [2.45, 2.75) is 39.3 Å². The van der Waals surface area contributed by atoms with Crippen molar-refractivity contribution >= 4 is 10.9 Å². The van der Waals surface area contributed by atoms with Crippen molar-refractivity contribution in [2.75, 3.05) is 13.1 Å². The number of likely N-dealkylation sites (tertiary alicyclic amines) is 1. The lowest BCUT2D eigenvalue weighted by Gasteiger charge is -2.24. The average Bonchev–Trinajstić information content (AvgIpc) is 3.29. The molecule has 4 rings (SSSR count). The van der Waals surface area contributed by atoms with E-state index in [1.165, 1.54) is 48.0 Å². The van der Waals surface area contributed by atoms with Crippen LogP contribution in [-0.4, -0.2) is 28.1 Å². The maximum atomic E-state index is 9.47. The van der Waals surface area contributed by atoms with E-state index in [4.69, 9.17) is 0 Å². The molecule has 3 nitrogen and oxygen atoms in total. The van der Waals surface area contributed by atoms with Crippen LogP contribution in [0.2, 0.25) is 0 Å². The predicted octanol–water partition coefficient (Wildman–Crippen LogP) is 4.79. The fourth-order valence-electron chi connectivity index (χ4n) is 4.04. The number of hydrogen-bond acceptors (Lipinski definition) is 2. The Labute approximate surface area is 149 Å². The van der Waals surface area contributed by atoms with Gasteiger partial charge in [0.25, 0.3) is 0 Å². The first kappa shape index (κ1) is 16.4. The molecule has 1 aliphatic heterocycles. The summed E-state index contributed by atoms with van der Waals surface area (Å²) < 4.78 is 0. The number of aromatic nitrogens is 1. The highest BCUT2D eigenvalue weighted by atomic mass is 16.3. The smallest absolute Gasteiger partial charge is 0.0833 e. The molecule has 1 aromatic heterocycles. The van der Waals surface area contributed by atoms with Crippen molar-refractivity contribution in [3.05, 3.63) is 59.3 Å². The molecular weight excluding hydrogens is 308 g/mol. The van der Waals surface area contributed by atoms with Crippen LogP contribution in [0.15, 0.2) is 42.5 Å². The van der Waals surface area contributed by atoms with Gasteiger partial charge in [-0.15, -0.1) is 0 Å². The standard InChI is InChI=1S/C22H26N2O/c1-15-20-13-19(8-9-21(20)23-22(15)14-25)18-7-5-6-17(12-18)16(2)24-10-3-4-11-24/h5-9,12-13,16,23,25H,3-4,10-11,14H2,1-2H3/t16-/m1/s1. The van der Waals surface area contributed by atoms with Gasteiger partial charge in [0.1, 0.15) is 0 Å². The Morgan fingerprint density at radius 1 is 1.08 bits per heavy atom. The van der Waals surface area contributed by atoms with Crippen molar-refractivity contribution < 1.29 is 5.11 Å². The quantitative estimate of drug-likeness (QED) is 0.720. The minimum atomic E-state index is 0.0542. The molecule has 0 aliphatic carbocycles. The summed E-state index contributed by atoms with van der Waals surface area (Å²) >= 11 is 0. The summed E-state index contributed by atoms with van der Waals surface area (Å²) in [6.45, 7) is 6.86. The van der Waals surface area contributed by atoms with Gasteiger partial charge in [-0.25, -0.2) is 0 Å². The summed E-state index contributed by atoms with van der Waals surface area (Å²) in [5.74, 6) is 0. The van der Waals surface area contributed by atoms with E-state index in [1.54, 1.807) is 0 Å². The highest BCUT2D eigenvalue weighted by Gasteiger charge is 2.19. The Kier molecular flexibility index (Phi) is 4.36. The van der Waals surface area contributed by atoms with Crippen LogP contribution in [0.3, 0.4) is 0 Å². The molecule has 130 valence electrons. The second kappa shape index (κ2) is 6.66. The Hall–Kier alpha value is -2.10. The molecule has 1 aliphatic rings. The third-order valence-corrected chi connectivity index (χ3v) is 5.71. The van der Waals surface area contributed by atoms with E-state index in [9.17, 15) is 5.11 Å². The van der Waals surface area contributed by atoms with Crippen molar-refractivity contribution in [3.63, 3.8) is 0 Å². The molecular formula is C22H26N2O. The maximum absolute atomic E-state index is 9.47. The van der Waals surface area contributed by atoms with Gasteiger partial charge in [-0.3, -0.25) is 4.90 Å². The van der Waals surface area contributed by atoms with E-state index in [2.05, 4.69) is 66.2 Å². The molecule has 2 N–H and O–H groups in total. The number of benzene rings is 2. The monoisotopic (exact) mass is 334 g/mol. The van der Waals surface area contributed by atoms with Crippen LogP contribution in [0, 0.1) is 6.92 Å². The summed E-state index contributed by atoms with van der Waals surface area (Å²) in [6.07, 6.45) is 2.64. The molecule has 0 saturated carbocycles. The molecule has 0 amide bonds. The molecule has 3 heteroatoms. The maximum Gasteiger partial charge on any atom is 0.0833 e. The van der Waals surface area contributed by atoms with Gasteiger partial charge in [-0.05, 0) is 80.2 Å². The second-order valence-corrected chi connectivity index (χ2v) is 7.19. The second-order valence-electron chi connectivity index (χ2n) is 7.19. The van der Waals surface area contributed by atoms with Crippen LogP contribution in [0.25, 0.3) is 22.0 Å². The third-order valence-electron chi connectivity index (χ3n) is 5.71. The number of fused-ring (bicyclic) bond motifs is 1. The van der Waals surface area contributed by atoms with Gasteiger partial charge in [0, 0.05) is 22.6 Å². The Morgan fingerprint density at radius 3 is 2.60 bits per heavy atom. The lowest BCUT2D eigenvalue weighted by molar-refractivity contribution is 0.263. The van der Waals surface area contributed by atoms with Gasteiger partial charge in [0.05, 0.1) is 6.61 Å². The number of nitrogens with one attached hydrogen (secondary N) is 1. The zero-order chi connectivity index (χ0) is 17.4. The zero-order valence-corrected chi connectivity index (χ0v) is 15.0. The number of aryl methyl sites for hydroxylation is 1. The molecule has 2 heterocycles. The molecule has 25 heavy (non-hydrogen) atoms. The van der Waals surface area contributed by atoms with E-state index < -0.39 is 0 Å². The first-order chi connectivity index (χ1) is 12.2. The molecule has 0 spiro atoms. The van der Waals surface area contributed by atoms with Gasteiger partial charge < -0.3 is 10.1 Å². The minimum absolute atomic E-state index is 0.0542. The van der Waals surface area contributed by atoms with E-state index >= 15 is 0 Å². The molecule has 0 bridgehead atoms. The van der Waals surface area contributed by atoms with Crippen LogP contribution in [-0.2, 0) is 6.61 Å². The number of aliphatic hydroxyl groups excluding tert-OH is 1. The van der Waals surface area contributed by atoms with Gasteiger partial charge in [0.2, 0.25) is 0 Å². The van der Waals surface area contributed by atoms with E-state index in [0.29, 0.717) is 6.04 Å². The van der Waals surface area contributed by atoms with Gasteiger partial charge in [-0.1, -0.05) is 24.3 Å². The largest absolute Gasteiger partial charge is 0.390 e. The highest BCUT2D eigenvalue weighted by Crippen LogP contribution is 2.31. The average molecular weight is 334 g/mol. The topological polar surface area (TPSA) is 39.3 Å². The zero-order valence-electron chi connectivity index (χ0n) is 15.0. The molecule has 3 aromatic rings. The Balaban J connectivity index is 1.70. The first-order valence-corrected chi connectivity index (χ1v) is 9.24. The molecule has 1 saturated heterocycles. The lowest BCUT2D eigenvalue weighted by Crippen LogP contribution is -2.23. The van der Waals surface area contributed by atoms with Crippen LogP contribution in [0.5, 0.6) is 0 Å². The van der Waals surface area contributed by atoms with Gasteiger partial charge in [-0.2, -0.15) is 0 Å². The molecule has 1 atom stereocenters. The van der Waals surface area contributed by atoms with Crippen molar-refractivity contribution in [2.24, 2.45) is 0 Å². The number of rotatable bonds is 4. The lowest BCUT2D eigenvalue weighted by atomic mass is 9.98. The van der Waals surface area contributed by atoms with Crippen LogP contribution >= 0.6 is 0 Å². The number of nitrogens with zero attached hydrogens (tertiary/aromatic N) is 1. The van der Waals surface area contributed by atoms with E-state index in [1.807, 2.05) is 0 Å². The molecule has 2 aromatic carbocycles. The number of hydrogen-bond donors (Lipinski definition) is 2. The Morgan fingerprint density at radius 2 is 1.84 bits per heavy atom. The van der Waals surface area contributed by atoms with Crippen LogP contribution in [0.4, 0.5) is 0 Å². The molecule has 1 fully saturated rings. The van der Waals surface area contributed by atoms with Crippen molar-refractivity contribution in [1.29, 1.82) is 0 Å². The normalized spacial score (nSPS) is 16.6. The van der Waals surface area contributed by atoms with Crippen LogP contribution < -0.4 is 0 Å². The minimum Gasteiger partial charge on any atom is -0.390 e. The third kappa shape index (κ3) is 2.99. The summed E-state index contributed by atoms with van der Waals surface area (Å²) in [5.41, 5.74) is 7.02. The fourth-order valence-corrected chi connectivity index (χ4v) is 4.04. The molecule has 0 unspecified atom stereocenters. The number of aromatic amines is 1. The summed E-state index contributed by atoms with van der Waals surface area (Å²) in [6, 6.07) is 15.9. The SMILES string of the molecule is Cc1c(CO)[nH]c2ccc(-c3cccc([C@@H](C)N4CCCC4)c3)cc12. The predicted molar refractivity (Wildman–Crippen MR) is 104 cm³/mol. The summed E-state index contributed by atoms with van der Waals surface area (Å²) in [7, 11) is 0. The molecule has 0 radical (unpaired) electrons. The summed E-state index contributed by atoms with van der Waals surface area (Å²) in [5, 5.41) is 10.7. The number of aliphatic hydroxyl groups is 1.